The number of carbonyl (C=O) groups excluding carboxylic acids is 1. The molecule has 0 atom stereocenters. The van der Waals surface area contributed by atoms with Crippen molar-refractivity contribution >= 4 is 96.3 Å². The molecule has 5 rings (SSSR count). The van der Waals surface area contributed by atoms with Crippen LogP contribution in [-0.2, 0) is 0 Å². The fraction of sp³-hybridized carbons (Fsp3) is 0.0417. The average Bonchev–Trinajstić information content (AvgIpc) is 3.35. The number of benzene rings is 3. The highest BCUT2D eigenvalue weighted by Crippen LogP contribution is 2.37. The van der Waals surface area contributed by atoms with Gasteiger partial charge in [0.2, 0.25) is 5.89 Å². The lowest BCUT2D eigenvalue weighted by Gasteiger charge is -2.11. The molecule has 0 spiro atoms. The van der Waals surface area contributed by atoms with Gasteiger partial charge in [-0.1, -0.05) is 46.9 Å². The van der Waals surface area contributed by atoms with Crippen LogP contribution in [0.5, 0.6) is 0 Å². The van der Waals surface area contributed by atoms with E-state index in [1.165, 1.54) is 11.3 Å². The molecule has 0 saturated carbocycles. The van der Waals surface area contributed by atoms with Crippen molar-refractivity contribution < 1.29 is 9.21 Å². The van der Waals surface area contributed by atoms with Crippen LogP contribution >= 0.6 is 58.4 Å². The van der Waals surface area contributed by atoms with E-state index in [0.717, 1.165) is 21.2 Å². The predicted molar refractivity (Wildman–Crippen MR) is 145 cm³/mol. The number of aryl methyl sites for hydroxylation is 1. The summed E-state index contributed by atoms with van der Waals surface area (Å²) in [5.41, 5.74) is 3.74. The monoisotopic (exact) mass is 545 g/mol. The van der Waals surface area contributed by atoms with Gasteiger partial charge in [0.25, 0.3) is 5.91 Å². The van der Waals surface area contributed by atoms with E-state index in [1.807, 2.05) is 25.1 Å². The number of hydrogen-bond donors (Lipinski definition) is 2. The van der Waals surface area contributed by atoms with Gasteiger partial charge in [-0.25, -0.2) is 4.98 Å². The predicted octanol–water partition coefficient (Wildman–Crippen LogP) is 8.10. The topological polar surface area (TPSA) is 67.2 Å². The van der Waals surface area contributed by atoms with Crippen LogP contribution in [0.2, 0.25) is 15.1 Å². The molecule has 1 amide bonds. The Morgan fingerprint density at radius 3 is 2.71 bits per heavy atom. The molecule has 34 heavy (non-hydrogen) atoms. The first-order chi connectivity index (χ1) is 16.3. The van der Waals surface area contributed by atoms with Crippen molar-refractivity contribution in [2.24, 2.45) is 0 Å². The van der Waals surface area contributed by atoms with Crippen LogP contribution in [0, 0.1) is 6.92 Å². The number of halogens is 3. The lowest BCUT2D eigenvalue weighted by molar-refractivity contribution is 0.0982. The average molecular weight is 547 g/mol. The summed E-state index contributed by atoms with van der Waals surface area (Å²) in [6.45, 7) is 1.99. The van der Waals surface area contributed by atoms with Gasteiger partial charge < -0.3 is 9.73 Å². The minimum atomic E-state index is -0.429. The van der Waals surface area contributed by atoms with Gasteiger partial charge in [-0.15, -0.1) is 11.3 Å². The minimum absolute atomic E-state index is 0.0730. The second kappa shape index (κ2) is 9.17. The van der Waals surface area contributed by atoms with Gasteiger partial charge in [0.05, 0.1) is 15.7 Å². The van der Waals surface area contributed by atoms with Gasteiger partial charge >= 0.3 is 0 Å². The fourth-order valence-corrected chi connectivity index (χ4v) is 5.46. The Morgan fingerprint density at radius 1 is 1.06 bits per heavy atom. The maximum Gasteiger partial charge on any atom is 0.269 e. The number of amides is 1. The van der Waals surface area contributed by atoms with Gasteiger partial charge in [0.15, 0.2) is 10.7 Å². The highest BCUT2D eigenvalue weighted by atomic mass is 35.5. The Kier molecular flexibility index (Phi) is 6.22. The Bertz CT molecular complexity index is 1610. The summed E-state index contributed by atoms with van der Waals surface area (Å²) < 4.78 is 6.71. The number of hydrogen-bond acceptors (Lipinski definition) is 5. The number of oxazole rings is 1. The Hall–Kier alpha value is -2.68. The molecule has 5 aromatic rings. The van der Waals surface area contributed by atoms with Crippen LogP contribution in [-0.4, -0.2) is 16.0 Å². The van der Waals surface area contributed by atoms with E-state index < -0.39 is 5.91 Å². The van der Waals surface area contributed by atoms with Gasteiger partial charge in [-0.05, 0) is 67.2 Å². The van der Waals surface area contributed by atoms with Crippen molar-refractivity contribution in [1.82, 2.24) is 10.3 Å². The molecule has 0 saturated heterocycles. The van der Waals surface area contributed by atoms with E-state index in [0.29, 0.717) is 42.7 Å². The van der Waals surface area contributed by atoms with Crippen LogP contribution in [0.15, 0.2) is 59.0 Å². The minimum Gasteiger partial charge on any atom is -0.436 e. The number of fused-ring (bicyclic) bond motifs is 2. The number of carbonyl (C=O) groups is 1. The molecule has 3 aromatic carbocycles. The molecular formula is C24H14Cl3N3O2S2. The molecule has 0 aliphatic heterocycles. The van der Waals surface area contributed by atoms with Crippen molar-refractivity contribution in [2.45, 2.75) is 6.92 Å². The summed E-state index contributed by atoms with van der Waals surface area (Å²) in [4.78, 5) is 17.7. The summed E-state index contributed by atoms with van der Waals surface area (Å²) in [5, 5.41) is 7.78. The SMILES string of the molecule is Cc1ccc2nc(-c3ccc(Cl)c(NC(=S)NC(=O)c4sc5cc(Cl)ccc5c4Cl)c3)oc2c1. The molecule has 0 bridgehead atoms. The molecular weight excluding hydrogens is 533 g/mol. The summed E-state index contributed by atoms with van der Waals surface area (Å²) in [6.07, 6.45) is 0. The van der Waals surface area contributed by atoms with Crippen LogP contribution in [0.1, 0.15) is 15.2 Å². The zero-order valence-corrected chi connectivity index (χ0v) is 21.3. The van der Waals surface area contributed by atoms with Gasteiger partial charge in [0.1, 0.15) is 10.4 Å². The number of aromatic nitrogens is 1. The van der Waals surface area contributed by atoms with E-state index in [4.69, 9.17) is 51.4 Å². The van der Waals surface area contributed by atoms with Crippen LogP contribution in [0.3, 0.4) is 0 Å². The van der Waals surface area contributed by atoms with Crippen molar-refractivity contribution in [2.75, 3.05) is 5.32 Å². The number of rotatable bonds is 3. The highest BCUT2D eigenvalue weighted by Gasteiger charge is 2.19. The maximum atomic E-state index is 12.8. The number of thiocarbonyl (C=S) groups is 1. The van der Waals surface area contributed by atoms with Crippen LogP contribution < -0.4 is 10.6 Å². The maximum absolute atomic E-state index is 12.8. The first-order valence-corrected chi connectivity index (χ1v) is 12.3. The van der Waals surface area contributed by atoms with Crippen molar-refractivity contribution in [3.63, 3.8) is 0 Å². The molecule has 10 heteroatoms. The fourth-order valence-electron chi connectivity index (χ4n) is 3.41. The smallest absolute Gasteiger partial charge is 0.269 e. The van der Waals surface area contributed by atoms with Gasteiger partial charge in [-0.3, -0.25) is 10.1 Å². The molecule has 0 fully saturated rings. The molecule has 2 heterocycles. The number of anilines is 1. The van der Waals surface area contributed by atoms with E-state index in [-0.39, 0.29) is 5.11 Å². The van der Waals surface area contributed by atoms with Crippen molar-refractivity contribution in [3.05, 3.63) is 80.1 Å². The molecule has 2 N–H and O–H groups in total. The normalized spacial score (nSPS) is 11.2. The van der Waals surface area contributed by atoms with Crippen LogP contribution in [0.25, 0.3) is 32.6 Å². The Labute approximate surface area is 218 Å². The third-order valence-corrected chi connectivity index (χ3v) is 7.46. The first kappa shape index (κ1) is 23.1. The van der Waals surface area contributed by atoms with E-state index in [1.54, 1.807) is 36.4 Å². The second-order valence-electron chi connectivity index (χ2n) is 7.48. The quantitative estimate of drug-likeness (QED) is 0.224. The lowest BCUT2D eigenvalue weighted by Crippen LogP contribution is -2.33. The molecule has 2 aromatic heterocycles. The van der Waals surface area contributed by atoms with E-state index in [2.05, 4.69) is 15.6 Å². The highest BCUT2D eigenvalue weighted by molar-refractivity contribution is 7.80. The molecule has 0 radical (unpaired) electrons. The molecule has 170 valence electrons. The van der Waals surface area contributed by atoms with Crippen LogP contribution in [0.4, 0.5) is 5.69 Å². The Balaban J connectivity index is 1.36. The largest absolute Gasteiger partial charge is 0.436 e. The number of thiophene rings is 1. The third-order valence-electron chi connectivity index (χ3n) is 5.03. The summed E-state index contributed by atoms with van der Waals surface area (Å²) in [7, 11) is 0. The molecule has 0 aliphatic carbocycles. The Morgan fingerprint density at radius 2 is 1.88 bits per heavy atom. The van der Waals surface area contributed by atoms with Crippen molar-refractivity contribution in [3.8, 4) is 11.5 Å². The molecule has 0 aliphatic rings. The summed E-state index contributed by atoms with van der Waals surface area (Å²) in [5.74, 6) is 0.0207. The third kappa shape index (κ3) is 4.50. The van der Waals surface area contributed by atoms with Gasteiger partial charge in [0, 0.05) is 20.7 Å². The second-order valence-corrected chi connectivity index (χ2v) is 10.2. The molecule has 0 unspecified atom stereocenters. The first-order valence-electron chi connectivity index (χ1n) is 9.95. The summed E-state index contributed by atoms with van der Waals surface area (Å²) >= 11 is 25.4. The summed E-state index contributed by atoms with van der Waals surface area (Å²) in [6, 6.07) is 16.3. The lowest BCUT2D eigenvalue weighted by atomic mass is 10.2. The van der Waals surface area contributed by atoms with E-state index in [9.17, 15) is 4.79 Å². The van der Waals surface area contributed by atoms with Gasteiger partial charge in [-0.2, -0.15) is 0 Å². The standard InChI is InChI=1S/C24H14Cl3N3O2S2/c1-11-2-7-16-18(8-11)32-23(28-16)12-3-6-15(26)17(9-12)29-24(33)30-22(31)21-20(27)14-5-4-13(25)10-19(14)34-21/h2-10H,1H3,(H2,29,30,31,33). The number of nitrogens with zero attached hydrogens (tertiary/aromatic N) is 1. The number of nitrogens with one attached hydrogen (secondary N) is 2. The zero-order chi connectivity index (χ0) is 24.0. The zero-order valence-electron chi connectivity index (χ0n) is 17.4. The van der Waals surface area contributed by atoms with E-state index >= 15 is 0 Å². The van der Waals surface area contributed by atoms with Crippen molar-refractivity contribution in [1.29, 1.82) is 0 Å². The molecule has 5 nitrogen and oxygen atoms in total.